The van der Waals surface area contributed by atoms with Crippen LogP contribution in [0.3, 0.4) is 0 Å². The average molecular weight is 595 g/mol. The molecule has 1 heterocycles. The molecule has 0 unspecified atom stereocenters. The first kappa shape index (κ1) is 34.7. The first-order chi connectivity index (χ1) is 20.1. The van der Waals surface area contributed by atoms with Gasteiger partial charge in [-0.25, -0.2) is 0 Å². The minimum atomic E-state index is -2.70. The molecule has 4 nitrogen and oxygen atoms in total. The van der Waals surface area contributed by atoms with Crippen molar-refractivity contribution in [3.8, 4) is 0 Å². The largest absolute Gasteiger partial charge is 0.401 e. The summed E-state index contributed by atoms with van der Waals surface area (Å²) in [6, 6.07) is 21.9. The molecule has 1 fully saturated rings. The van der Waals surface area contributed by atoms with E-state index in [0.29, 0.717) is 6.61 Å². The van der Waals surface area contributed by atoms with Crippen molar-refractivity contribution in [2.75, 3.05) is 6.61 Å². The average Bonchev–Trinajstić information content (AvgIpc) is 3.27. The van der Waals surface area contributed by atoms with Crippen LogP contribution < -0.4 is 10.4 Å². The van der Waals surface area contributed by atoms with Crippen molar-refractivity contribution in [3.05, 3.63) is 72.8 Å². The number of aliphatic hydroxyl groups excluding tert-OH is 1. The van der Waals surface area contributed by atoms with E-state index >= 15 is 0 Å². The lowest BCUT2D eigenvalue weighted by atomic mass is 10.0. The summed E-state index contributed by atoms with van der Waals surface area (Å²) in [6.07, 6.45) is 16.7. The number of aliphatic hydroxyl groups is 1. The second-order valence-electron chi connectivity index (χ2n) is 13.5. The molecule has 2 aromatic carbocycles. The summed E-state index contributed by atoms with van der Waals surface area (Å²) in [5, 5.41) is 11.7. The SMILES string of the molecule is CCCCC[C@@H]1OC(C)(C)O[C@H]1/C=C/[C@H](CCCCCCCCO)O[Si](c1ccccc1)(c1ccccc1)C(C)(C)C. The second-order valence-corrected chi connectivity index (χ2v) is 17.7. The van der Waals surface area contributed by atoms with E-state index in [2.05, 4.69) is 101 Å². The zero-order chi connectivity index (χ0) is 30.5. The van der Waals surface area contributed by atoms with Gasteiger partial charge in [0.1, 0.15) is 6.10 Å². The quantitative estimate of drug-likeness (QED) is 0.107. The molecular weight excluding hydrogens is 536 g/mol. The Morgan fingerprint density at radius 3 is 1.95 bits per heavy atom. The highest BCUT2D eigenvalue weighted by molar-refractivity contribution is 6.99. The van der Waals surface area contributed by atoms with Crippen LogP contribution in [0.1, 0.15) is 112 Å². The Morgan fingerprint density at radius 1 is 0.833 bits per heavy atom. The predicted molar refractivity (Wildman–Crippen MR) is 179 cm³/mol. The van der Waals surface area contributed by atoms with Crippen LogP contribution in [0.4, 0.5) is 0 Å². The Kier molecular flexibility index (Phi) is 14.0. The topological polar surface area (TPSA) is 47.9 Å². The van der Waals surface area contributed by atoms with Gasteiger partial charge in [0.05, 0.1) is 12.2 Å². The van der Waals surface area contributed by atoms with E-state index in [1.165, 1.54) is 42.5 Å². The highest BCUT2D eigenvalue weighted by Crippen LogP contribution is 2.38. The minimum Gasteiger partial charge on any atom is -0.401 e. The van der Waals surface area contributed by atoms with Crippen LogP contribution >= 0.6 is 0 Å². The summed E-state index contributed by atoms with van der Waals surface area (Å²) in [4.78, 5) is 0. The van der Waals surface area contributed by atoms with E-state index in [9.17, 15) is 0 Å². The standard InChI is InChI=1S/C37H58O4Si/c1-7-8-15-27-34-35(40-37(5,6)39-34)29-28-31(22-16-11-9-10-12-21-30-38)41-42(36(2,3)4,32-23-17-13-18-24-32)33-25-19-14-20-26-33/h13-14,17-20,23-26,28-29,31,34-35,38H,7-12,15-16,21-22,27,30H2,1-6H3/b29-28+/t31-,34-,35-/m0/s1. The molecule has 2 aromatic rings. The van der Waals surface area contributed by atoms with Crippen LogP contribution in [-0.4, -0.2) is 44.1 Å². The van der Waals surface area contributed by atoms with Gasteiger partial charge in [-0.3, -0.25) is 0 Å². The molecule has 3 rings (SSSR count). The number of rotatable bonds is 18. The summed E-state index contributed by atoms with van der Waals surface area (Å²) < 4.78 is 20.4. The summed E-state index contributed by atoms with van der Waals surface area (Å²) in [5.41, 5.74) is 0. The van der Waals surface area contributed by atoms with Gasteiger partial charge in [0.15, 0.2) is 5.79 Å². The maximum Gasteiger partial charge on any atom is 0.261 e. The van der Waals surface area contributed by atoms with Crippen molar-refractivity contribution in [3.63, 3.8) is 0 Å². The highest BCUT2D eigenvalue weighted by Gasteiger charge is 2.51. The molecular formula is C37H58O4Si. The lowest BCUT2D eigenvalue weighted by Gasteiger charge is -2.45. The number of ether oxygens (including phenoxy) is 2. The maximum absolute atomic E-state index is 9.12. The Balaban J connectivity index is 1.93. The number of hydrogen-bond donors (Lipinski definition) is 1. The molecule has 0 radical (unpaired) electrons. The predicted octanol–water partition coefficient (Wildman–Crippen LogP) is 8.31. The second kappa shape index (κ2) is 16.9. The van der Waals surface area contributed by atoms with Gasteiger partial charge in [-0.1, -0.05) is 152 Å². The maximum atomic E-state index is 9.12. The van der Waals surface area contributed by atoms with E-state index in [1.807, 2.05) is 13.8 Å². The summed E-state index contributed by atoms with van der Waals surface area (Å²) in [6.45, 7) is 13.6. The molecule has 1 saturated heterocycles. The van der Waals surface area contributed by atoms with Gasteiger partial charge < -0.3 is 19.0 Å². The molecule has 1 N–H and O–H groups in total. The minimum absolute atomic E-state index is 0.0302. The lowest BCUT2D eigenvalue weighted by molar-refractivity contribution is -0.143. The smallest absolute Gasteiger partial charge is 0.261 e. The molecule has 3 atom stereocenters. The van der Waals surface area contributed by atoms with Crippen LogP contribution in [0.5, 0.6) is 0 Å². The number of benzene rings is 2. The van der Waals surface area contributed by atoms with E-state index in [1.54, 1.807) is 0 Å². The van der Waals surface area contributed by atoms with Crippen LogP contribution in [0.25, 0.3) is 0 Å². The Hall–Kier alpha value is -1.76. The normalized spacial score (nSPS) is 19.9. The first-order valence-electron chi connectivity index (χ1n) is 16.6. The molecule has 0 saturated carbocycles. The van der Waals surface area contributed by atoms with Gasteiger partial charge in [0.2, 0.25) is 0 Å². The van der Waals surface area contributed by atoms with Gasteiger partial charge in [0, 0.05) is 6.61 Å². The molecule has 5 heteroatoms. The van der Waals surface area contributed by atoms with Gasteiger partial charge in [-0.05, 0) is 48.5 Å². The summed E-state index contributed by atoms with van der Waals surface area (Å²) in [7, 11) is -2.70. The van der Waals surface area contributed by atoms with Gasteiger partial charge in [-0.15, -0.1) is 0 Å². The lowest BCUT2D eigenvalue weighted by Crippen LogP contribution is -2.67. The van der Waals surface area contributed by atoms with E-state index in [0.717, 1.165) is 38.5 Å². The van der Waals surface area contributed by atoms with Crippen molar-refractivity contribution in [2.24, 2.45) is 0 Å². The van der Waals surface area contributed by atoms with E-state index in [4.69, 9.17) is 19.0 Å². The Bertz CT molecular complexity index is 991. The van der Waals surface area contributed by atoms with Crippen molar-refractivity contribution >= 4 is 18.7 Å². The highest BCUT2D eigenvalue weighted by atomic mass is 28.4. The molecule has 0 aliphatic carbocycles. The van der Waals surface area contributed by atoms with Crippen molar-refractivity contribution < 1.29 is 19.0 Å². The number of hydrogen-bond acceptors (Lipinski definition) is 4. The van der Waals surface area contributed by atoms with Gasteiger partial charge in [0.25, 0.3) is 8.32 Å². The fourth-order valence-corrected chi connectivity index (χ4v) is 11.0. The summed E-state index contributed by atoms with van der Waals surface area (Å²) >= 11 is 0. The molecule has 0 bridgehead atoms. The summed E-state index contributed by atoms with van der Waals surface area (Å²) in [5.74, 6) is -0.575. The molecule has 234 valence electrons. The van der Waals surface area contributed by atoms with Crippen LogP contribution in [-0.2, 0) is 13.9 Å². The zero-order valence-corrected chi connectivity index (χ0v) is 28.3. The molecule has 1 aliphatic heterocycles. The van der Waals surface area contributed by atoms with Gasteiger partial charge >= 0.3 is 0 Å². The monoisotopic (exact) mass is 594 g/mol. The van der Waals surface area contributed by atoms with Gasteiger partial charge in [-0.2, -0.15) is 0 Å². The fourth-order valence-electron chi connectivity index (χ4n) is 6.36. The van der Waals surface area contributed by atoms with Crippen molar-refractivity contribution in [1.82, 2.24) is 0 Å². The van der Waals surface area contributed by atoms with E-state index in [-0.39, 0.29) is 23.4 Å². The molecule has 42 heavy (non-hydrogen) atoms. The van der Waals surface area contributed by atoms with Crippen LogP contribution in [0, 0.1) is 0 Å². The fraction of sp³-hybridized carbons (Fsp3) is 0.622. The Labute approximate surface area is 258 Å². The number of unbranched alkanes of at least 4 members (excludes halogenated alkanes) is 7. The van der Waals surface area contributed by atoms with Crippen LogP contribution in [0.2, 0.25) is 5.04 Å². The van der Waals surface area contributed by atoms with Crippen molar-refractivity contribution in [1.29, 1.82) is 0 Å². The molecule has 0 aromatic heterocycles. The Morgan fingerprint density at radius 2 is 1.40 bits per heavy atom. The van der Waals surface area contributed by atoms with E-state index < -0.39 is 14.1 Å². The molecule has 1 aliphatic rings. The van der Waals surface area contributed by atoms with Crippen molar-refractivity contribution in [2.45, 2.75) is 141 Å². The molecule has 0 spiro atoms. The zero-order valence-electron chi connectivity index (χ0n) is 27.3. The third-order valence-corrected chi connectivity index (χ3v) is 13.5. The third kappa shape index (κ3) is 9.88. The first-order valence-corrected chi connectivity index (χ1v) is 18.5. The third-order valence-electron chi connectivity index (χ3n) is 8.47. The molecule has 0 amide bonds. The van der Waals surface area contributed by atoms with Crippen LogP contribution in [0.15, 0.2) is 72.8 Å².